The van der Waals surface area contributed by atoms with E-state index in [0.29, 0.717) is 6.04 Å². The highest BCUT2D eigenvalue weighted by Crippen LogP contribution is 2.29. The molecule has 1 fully saturated rings. The van der Waals surface area contributed by atoms with Crippen LogP contribution >= 0.6 is 0 Å². The lowest BCUT2D eigenvalue weighted by Crippen LogP contribution is -2.41. The van der Waals surface area contributed by atoms with E-state index in [-0.39, 0.29) is 11.8 Å². The maximum absolute atomic E-state index is 12.5. The zero-order valence-electron chi connectivity index (χ0n) is 11.6. The molecule has 0 aliphatic heterocycles. The number of rotatable bonds is 6. The Bertz CT molecular complexity index is 406. The van der Waals surface area contributed by atoms with Crippen molar-refractivity contribution in [1.82, 2.24) is 4.90 Å². The Hall–Kier alpha value is -1.15. The molecule has 0 spiro atoms. The minimum absolute atomic E-state index is 0.0140. The Morgan fingerprint density at radius 1 is 1.33 bits per heavy atom. The molecule has 0 amide bonds. The Kier molecular flexibility index (Phi) is 4.18. The first-order valence-electron chi connectivity index (χ1n) is 7.00. The van der Waals surface area contributed by atoms with Gasteiger partial charge < -0.3 is 0 Å². The van der Waals surface area contributed by atoms with Crippen molar-refractivity contribution < 1.29 is 4.79 Å². The molecule has 1 aliphatic carbocycles. The summed E-state index contributed by atoms with van der Waals surface area (Å²) in [6.07, 6.45) is 3.62. The van der Waals surface area contributed by atoms with Crippen LogP contribution in [0.5, 0.6) is 0 Å². The molecule has 1 atom stereocenters. The molecule has 1 aromatic rings. The smallest absolute Gasteiger partial charge is 0.179 e. The highest BCUT2D eigenvalue weighted by atomic mass is 16.1. The molecule has 2 nitrogen and oxygen atoms in total. The maximum atomic E-state index is 12.5. The van der Waals surface area contributed by atoms with Crippen molar-refractivity contribution in [2.24, 2.45) is 0 Å². The Balaban J connectivity index is 2.08. The summed E-state index contributed by atoms with van der Waals surface area (Å²) in [6.45, 7) is 7.31. The van der Waals surface area contributed by atoms with Crippen molar-refractivity contribution in [3.8, 4) is 0 Å². The first kappa shape index (κ1) is 13.3. The summed E-state index contributed by atoms with van der Waals surface area (Å²) < 4.78 is 0. The van der Waals surface area contributed by atoms with Crippen LogP contribution in [-0.4, -0.2) is 29.3 Å². The molecule has 1 aromatic carbocycles. The molecule has 98 valence electrons. The first-order chi connectivity index (χ1) is 8.63. The standard InChI is InChI=1S/C16H23NO/c1-4-11-17(15-9-10-15)13(3)16(18)14-7-5-12(2)6-8-14/h5-8,13,15H,4,9-11H2,1-3H3. The quantitative estimate of drug-likeness (QED) is 0.716. The number of hydrogen-bond acceptors (Lipinski definition) is 2. The highest BCUT2D eigenvalue weighted by molar-refractivity contribution is 5.99. The van der Waals surface area contributed by atoms with Gasteiger partial charge in [-0.05, 0) is 39.7 Å². The second-order valence-electron chi connectivity index (χ2n) is 5.38. The fraction of sp³-hybridized carbons (Fsp3) is 0.562. The van der Waals surface area contributed by atoms with Crippen LogP contribution in [0.2, 0.25) is 0 Å². The van der Waals surface area contributed by atoms with Crippen LogP contribution in [0.25, 0.3) is 0 Å². The SMILES string of the molecule is CCCN(C1CC1)C(C)C(=O)c1ccc(C)cc1. The van der Waals surface area contributed by atoms with Crippen molar-refractivity contribution in [3.63, 3.8) is 0 Å². The van der Waals surface area contributed by atoms with Gasteiger partial charge in [-0.1, -0.05) is 36.8 Å². The molecule has 0 N–H and O–H groups in total. The summed E-state index contributed by atoms with van der Waals surface area (Å²) in [5, 5.41) is 0. The predicted octanol–water partition coefficient (Wildman–Crippen LogP) is 3.44. The van der Waals surface area contributed by atoms with Gasteiger partial charge in [0.15, 0.2) is 5.78 Å². The van der Waals surface area contributed by atoms with Crippen molar-refractivity contribution in [2.45, 2.75) is 52.1 Å². The van der Waals surface area contributed by atoms with Gasteiger partial charge in [-0.25, -0.2) is 0 Å². The van der Waals surface area contributed by atoms with E-state index in [4.69, 9.17) is 0 Å². The van der Waals surface area contributed by atoms with E-state index in [1.54, 1.807) is 0 Å². The second-order valence-corrected chi connectivity index (χ2v) is 5.38. The normalized spacial score (nSPS) is 16.9. The fourth-order valence-corrected chi connectivity index (χ4v) is 2.47. The fourth-order valence-electron chi connectivity index (χ4n) is 2.47. The van der Waals surface area contributed by atoms with Crippen LogP contribution in [-0.2, 0) is 0 Å². The largest absolute Gasteiger partial charge is 0.292 e. The Morgan fingerprint density at radius 2 is 1.94 bits per heavy atom. The number of nitrogens with zero attached hydrogens (tertiary/aromatic N) is 1. The number of ketones is 1. The van der Waals surface area contributed by atoms with Crippen LogP contribution in [0.15, 0.2) is 24.3 Å². The molecule has 2 heteroatoms. The molecule has 0 radical (unpaired) electrons. The monoisotopic (exact) mass is 245 g/mol. The van der Waals surface area contributed by atoms with Gasteiger partial charge in [0.2, 0.25) is 0 Å². The van der Waals surface area contributed by atoms with E-state index < -0.39 is 0 Å². The average molecular weight is 245 g/mol. The number of carbonyl (C=O) groups excluding carboxylic acids is 1. The van der Waals surface area contributed by atoms with Crippen LogP contribution in [0, 0.1) is 6.92 Å². The Labute approximate surface area is 110 Å². The van der Waals surface area contributed by atoms with Crippen molar-refractivity contribution in [1.29, 1.82) is 0 Å². The van der Waals surface area contributed by atoms with Crippen LogP contribution in [0.4, 0.5) is 0 Å². The summed E-state index contributed by atoms with van der Waals surface area (Å²) in [5.74, 6) is 0.260. The topological polar surface area (TPSA) is 20.3 Å². The van der Waals surface area contributed by atoms with Gasteiger partial charge >= 0.3 is 0 Å². The lowest BCUT2D eigenvalue weighted by atomic mass is 10.0. The van der Waals surface area contributed by atoms with Crippen LogP contribution in [0.3, 0.4) is 0 Å². The van der Waals surface area contributed by atoms with E-state index in [1.807, 2.05) is 31.2 Å². The first-order valence-corrected chi connectivity index (χ1v) is 7.00. The molecule has 0 heterocycles. The van der Waals surface area contributed by atoms with E-state index in [0.717, 1.165) is 18.5 Å². The van der Waals surface area contributed by atoms with Gasteiger partial charge in [-0.15, -0.1) is 0 Å². The van der Waals surface area contributed by atoms with Crippen LogP contribution in [0.1, 0.15) is 49.0 Å². The molecular weight excluding hydrogens is 222 g/mol. The van der Waals surface area contributed by atoms with Gasteiger partial charge in [-0.2, -0.15) is 0 Å². The van der Waals surface area contributed by atoms with Gasteiger partial charge in [-0.3, -0.25) is 9.69 Å². The van der Waals surface area contributed by atoms with Gasteiger partial charge in [0, 0.05) is 11.6 Å². The lowest BCUT2D eigenvalue weighted by molar-refractivity contribution is 0.0826. The maximum Gasteiger partial charge on any atom is 0.179 e. The number of benzene rings is 1. The zero-order chi connectivity index (χ0) is 13.1. The van der Waals surface area contributed by atoms with E-state index in [1.165, 1.54) is 18.4 Å². The second kappa shape index (κ2) is 5.66. The van der Waals surface area contributed by atoms with E-state index in [9.17, 15) is 4.79 Å². The molecule has 0 aromatic heterocycles. The Morgan fingerprint density at radius 3 is 2.44 bits per heavy atom. The molecule has 1 aliphatic rings. The van der Waals surface area contributed by atoms with E-state index in [2.05, 4.69) is 18.7 Å². The van der Waals surface area contributed by atoms with Gasteiger partial charge in [0.25, 0.3) is 0 Å². The van der Waals surface area contributed by atoms with E-state index >= 15 is 0 Å². The van der Waals surface area contributed by atoms with Gasteiger partial charge in [0.05, 0.1) is 6.04 Å². The van der Waals surface area contributed by atoms with Crippen molar-refractivity contribution in [3.05, 3.63) is 35.4 Å². The van der Waals surface area contributed by atoms with Crippen molar-refractivity contribution in [2.75, 3.05) is 6.54 Å². The van der Waals surface area contributed by atoms with Crippen LogP contribution < -0.4 is 0 Å². The number of carbonyl (C=O) groups is 1. The zero-order valence-corrected chi connectivity index (χ0v) is 11.6. The summed E-state index contributed by atoms with van der Waals surface area (Å²) in [7, 11) is 0. The number of Topliss-reactive ketones (excluding diaryl/α,β-unsaturated/α-hetero) is 1. The molecule has 18 heavy (non-hydrogen) atoms. The minimum Gasteiger partial charge on any atom is -0.292 e. The van der Waals surface area contributed by atoms with Gasteiger partial charge in [0.1, 0.15) is 0 Å². The molecular formula is C16H23NO. The number of aryl methyl sites for hydroxylation is 1. The summed E-state index contributed by atoms with van der Waals surface area (Å²) >= 11 is 0. The highest BCUT2D eigenvalue weighted by Gasteiger charge is 2.34. The molecule has 1 unspecified atom stereocenters. The minimum atomic E-state index is 0.0140. The average Bonchev–Trinajstić information content (AvgIpc) is 3.19. The lowest BCUT2D eigenvalue weighted by Gasteiger charge is -2.27. The molecule has 0 saturated heterocycles. The summed E-state index contributed by atoms with van der Waals surface area (Å²) in [5.41, 5.74) is 2.04. The molecule has 2 rings (SSSR count). The molecule has 0 bridgehead atoms. The summed E-state index contributed by atoms with van der Waals surface area (Å²) in [6, 6.07) is 8.59. The third kappa shape index (κ3) is 2.99. The van der Waals surface area contributed by atoms with Crippen molar-refractivity contribution >= 4 is 5.78 Å². The number of hydrogen-bond donors (Lipinski definition) is 0. The predicted molar refractivity (Wildman–Crippen MR) is 75.0 cm³/mol. The third-order valence-corrected chi connectivity index (χ3v) is 3.71. The molecule has 1 saturated carbocycles. The third-order valence-electron chi connectivity index (χ3n) is 3.71. The summed E-state index contributed by atoms with van der Waals surface area (Å²) in [4.78, 5) is 14.8.